The summed E-state index contributed by atoms with van der Waals surface area (Å²) in [5.74, 6) is 0. The SMILES string of the molecule is O=P(OCCBr)(OCc1ccccc1)OC[C@H](O)CO. The first-order valence-electron chi connectivity index (χ1n) is 6.02. The number of benzene rings is 1. The summed E-state index contributed by atoms with van der Waals surface area (Å²) in [6, 6.07) is 9.16. The Labute approximate surface area is 126 Å². The van der Waals surface area contributed by atoms with Crippen molar-refractivity contribution in [3.8, 4) is 0 Å². The number of aliphatic hydroxyl groups excluding tert-OH is 2. The summed E-state index contributed by atoms with van der Waals surface area (Å²) >= 11 is 3.15. The largest absolute Gasteiger partial charge is 0.475 e. The Kier molecular flexibility index (Phi) is 8.56. The van der Waals surface area contributed by atoms with Gasteiger partial charge in [0.25, 0.3) is 0 Å². The summed E-state index contributed by atoms with van der Waals surface area (Å²) in [5.41, 5.74) is 0.821. The van der Waals surface area contributed by atoms with Crippen LogP contribution in [0.25, 0.3) is 0 Å². The summed E-state index contributed by atoms with van der Waals surface area (Å²) in [5, 5.41) is 18.4. The van der Waals surface area contributed by atoms with E-state index in [1.807, 2.05) is 30.3 Å². The Bertz CT molecular complexity index is 416. The van der Waals surface area contributed by atoms with E-state index >= 15 is 0 Å². The number of aliphatic hydroxyl groups is 2. The molecule has 0 spiro atoms. The van der Waals surface area contributed by atoms with Crippen LogP contribution in [0, 0.1) is 0 Å². The van der Waals surface area contributed by atoms with Gasteiger partial charge in [0.2, 0.25) is 0 Å². The molecule has 0 heterocycles. The van der Waals surface area contributed by atoms with E-state index in [-0.39, 0.29) is 19.8 Å². The monoisotopic (exact) mass is 368 g/mol. The van der Waals surface area contributed by atoms with Crippen LogP contribution >= 0.6 is 23.8 Å². The predicted molar refractivity (Wildman–Crippen MR) is 77.6 cm³/mol. The summed E-state index contributed by atoms with van der Waals surface area (Å²) in [4.78, 5) is 0. The molecule has 0 aliphatic carbocycles. The molecule has 0 aromatic heterocycles. The quantitative estimate of drug-likeness (QED) is 0.485. The lowest BCUT2D eigenvalue weighted by Gasteiger charge is -2.18. The van der Waals surface area contributed by atoms with Crippen LogP contribution in [0.15, 0.2) is 30.3 Å². The molecule has 2 N–H and O–H groups in total. The highest BCUT2D eigenvalue weighted by Crippen LogP contribution is 2.50. The molecule has 0 aliphatic rings. The summed E-state index contributed by atoms with van der Waals surface area (Å²) in [6.45, 7) is -0.612. The lowest BCUT2D eigenvalue weighted by molar-refractivity contribution is 0.0289. The lowest BCUT2D eigenvalue weighted by Crippen LogP contribution is -2.19. The van der Waals surface area contributed by atoms with Crippen LogP contribution in [0.4, 0.5) is 0 Å². The second-order valence-corrected chi connectivity index (χ2v) is 6.32. The maximum atomic E-state index is 12.3. The molecule has 1 unspecified atom stereocenters. The molecule has 8 heteroatoms. The number of hydrogen-bond acceptors (Lipinski definition) is 6. The second-order valence-electron chi connectivity index (χ2n) is 3.86. The first-order chi connectivity index (χ1) is 9.59. The molecule has 20 heavy (non-hydrogen) atoms. The van der Waals surface area contributed by atoms with E-state index in [2.05, 4.69) is 15.9 Å². The Morgan fingerprint density at radius 2 is 1.90 bits per heavy atom. The minimum Gasteiger partial charge on any atom is -0.394 e. The highest BCUT2D eigenvalue weighted by molar-refractivity contribution is 9.09. The van der Waals surface area contributed by atoms with Crippen molar-refractivity contribution in [2.24, 2.45) is 0 Å². The first-order valence-corrected chi connectivity index (χ1v) is 8.60. The molecule has 114 valence electrons. The van der Waals surface area contributed by atoms with Crippen LogP contribution in [0.5, 0.6) is 0 Å². The maximum absolute atomic E-state index is 12.3. The molecular formula is C12H18BrO6P. The minimum absolute atomic E-state index is 0.0651. The van der Waals surface area contributed by atoms with E-state index in [0.717, 1.165) is 5.56 Å². The third-order valence-electron chi connectivity index (χ3n) is 2.19. The zero-order chi connectivity index (χ0) is 14.8. The van der Waals surface area contributed by atoms with Crippen molar-refractivity contribution in [2.75, 3.05) is 25.2 Å². The highest BCUT2D eigenvalue weighted by atomic mass is 79.9. The zero-order valence-electron chi connectivity index (χ0n) is 10.9. The van der Waals surface area contributed by atoms with Gasteiger partial charge in [-0.1, -0.05) is 46.3 Å². The van der Waals surface area contributed by atoms with Gasteiger partial charge in [0.15, 0.2) is 0 Å². The molecule has 1 aromatic rings. The molecule has 0 aliphatic heterocycles. The van der Waals surface area contributed by atoms with Crippen molar-refractivity contribution in [3.05, 3.63) is 35.9 Å². The predicted octanol–water partition coefficient (Wildman–Crippen LogP) is 2.09. The Morgan fingerprint density at radius 3 is 2.50 bits per heavy atom. The fourth-order valence-corrected chi connectivity index (χ4v) is 2.83. The minimum atomic E-state index is -3.77. The summed E-state index contributed by atoms with van der Waals surface area (Å²) in [7, 11) is -3.77. The van der Waals surface area contributed by atoms with Crippen molar-refractivity contribution in [3.63, 3.8) is 0 Å². The van der Waals surface area contributed by atoms with Crippen molar-refractivity contribution in [1.82, 2.24) is 0 Å². The van der Waals surface area contributed by atoms with Gasteiger partial charge in [-0.2, -0.15) is 0 Å². The van der Waals surface area contributed by atoms with Crippen LogP contribution in [0.3, 0.4) is 0 Å². The number of halogens is 1. The first kappa shape index (κ1) is 17.8. The highest BCUT2D eigenvalue weighted by Gasteiger charge is 2.27. The molecule has 0 radical (unpaired) electrons. The van der Waals surface area contributed by atoms with Gasteiger partial charge < -0.3 is 10.2 Å². The molecule has 0 bridgehead atoms. The standard InChI is InChI=1S/C12H18BrO6P/c13-6-7-17-20(16,19-10-12(15)8-14)18-9-11-4-2-1-3-5-11/h1-5,12,14-15H,6-10H2/t12-,20?/m1/s1. The van der Waals surface area contributed by atoms with Gasteiger partial charge in [-0.15, -0.1) is 0 Å². The third kappa shape index (κ3) is 6.95. The lowest BCUT2D eigenvalue weighted by atomic mass is 10.2. The van der Waals surface area contributed by atoms with E-state index in [1.165, 1.54) is 0 Å². The topological polar surface area (TPSA) is 85.2 Å². The van der Waals surface area contributed by atoms with Gasteiger partial charge >= 0.3 is 7.82 Å². The number of hydrogen-bond donors (Lipinski definition) is 2. The molecule has 0 saturated carbocycles. The van der Waals surface area contributed by atoms with Crippen molar-refractivity contribution >= 4 is 23.8 Å². The Hall–Kier alpha value is -0.270. The van der Waals surface area contributed by atoms with E-state index in [4.69, 9.17) is 18.7 Å². The van der Waals surface area contributed by atoms with E-state index in [1.54, 1.807) is 0 Å². The molecular weight excluding hydrogens is 351 g/mol. The van der Waals surface area contributed by atoms with Crippen molar-refractivity contribution < 1.29 is 28.3 Å². The van der Waals surface area contributed by atoms with Crippen LogP contribution in [-0.2, 0) is 24.7 Å². The van der Waals surface area contributed by atoms with Crippen LogP contribution in [0.2, 0.25) is 0 Å². The average molecular weight is 369 g/mol. The van der Waals surface area contributed by atoms with Crippen LogP contribution in [0.1, 0.15) is 5.56 Å². The van der Waals surface area contributed by atoms with E-state index < -0.39 is 20.5 Å². The van der Waals surface area contributed by atoms with Gasteiger partial charge in [0.1, 0.15) is 6.10 Å². The molecule has 0 amide bonds. The van der Waals surface area contributed by atoms with Crippen molar-refractivity contribution in [1.29, 1.82) is 0 Å². The fourth-order valence-electron chi connectivity index (χ4n) is 1.22. The van der Waals surface area contributed by atoms with E-state index in [0.29, 0.717) is 5.33 Å². The number of phosphoric acid groups is 1. The number of rotatable bonds is 10. The molecule has 0 fully saturated rings. The normalized spacial score (nSPS) is 15.8. The van der Waals surface area contributed by atoms with Crippen LogP contribution < -0.4 is 0 Å². The molecule has 0 saturated heterocycles. The van der Waals surface area contributed by atoms with Crippen molar-refractivity contribution in [2.45, 2.75) is 12.7 Å². The van der Waals surface area contributed by atoms with Gasteiger partial charge in [-0.25, -0.2) is 4.57 Å². The Balaban J connectivity index is 2.55. The molecule has 2 atom stereocenters. The zero-order valence-corrected chi connectivity index (χ0v) is 13.3. The van der Waals surface area contributed by atoms with Gasteiger partial charge in [-0.05, 0) is 5.56 Å². The number of phosphoric ester groups is 1. The smallest absolute Gasteiger partial charge is 0.394 e. The van der Waals surface area contributed by atoms with Gasteiger partial charge in [0, 0.05) is 5.33 Å². The maximum Gasteiger partial charge on any atom is 0.475 e. The van der Waals surface area contributed by atoms with Gasteiger partial charge in [-0.3, -0.25) is 13.6 Å². The molecule has 1 aromatic carbocycles. The summed E-state index contributed by atoms with van der Waals surface area (Å²) < 4.78 is 27.5. The molecule has 6 nitrogen and oxygen atoms in total. The average Bonchev–Trinajstić information content (AvgIpc) is 2.50. The van der Waals surface area contributed by atoms with E-state index in [9.17, 15) is 9.67 Å². The number of alkyl halides is 1. The fraction of sp³-hybridized carbons (Fsp3) is 0.500. The van der Waals surface area contributed by atoms with Gasteiger partial charge in [0.05, 0.1) is 26.4 Å². The van der Waals surface area contributed by atoms with Crippen LogP contribution in [-0.4, -0.2) is 41.5 Å². The summed E-state index contributed by atoms with van der Waals surface area (Å²) in [6.07, 6.45) is -1.13. The second kappa shape index (κ2) is 9.63. The third-order valence-corrected chi connectivity index (χ3v) is 3.93. The Morgan fingerprint density at radius 1 is 1.20 bits per heavy atom. The molecule has 1 rings (SSSR count).